The van der Waals surface area contributed by atoms with Gasteiger partial charge in [-0.2, -0.15) is 0 Å². The Morgan fingerprint density at radius 1 is 1.32 bits per heavy atom. The molecule has 1 atom stereocenters. The average molecular weight is 438 g/mol. The summed E-state index contributed by atoms with van der Waals surface area (Å²) in [6.07, 6.45) is 7.48. The van der Waals surface area contributed by atoms with E-state index in [1.165, 1.54) is 28.6 Å². The Morgan fingerprint density at radius 2 is 2.13 bits per heavy atom. The molecular weight excluding hydrogens is 414 g/mol. The van der Waals surface area contributed by atoms with E-state index in [2.05, 4.69) is 27.8 Å². The number of nitrogens with one attached hydrogen (secondary N) is 1. The second kappa shape index (κ2) is 9.22. The summed E-state index contributed by atoms with van der Waals surface area (Å²) in [4.78, 5) is 26.3. The highest BCUT2D eigenvalue weighted by Crippen LogP contribution is 2.40. The normalized spacial score (nSPS) is 15.6. The van der Waals surface area contributed by atoms with Crippen LogP contribution in [0.5, 0.6) is 0 Å². The molecule has 0 fully saturated rings. The third-order valence-corrected chi connectivity index (χ3v) is 6.33. The third-order valence-electron chi connectivity index (χ3n) is 5.16. The Hall–Kier alpha value is -3.33. The molecule has 0 saturated carbocycles. The molecule has 31 heavy (non-hydrogen) atoms. The SMILES string of the molecule is CCOC(=O)c1c(NC(=O)/C=C/c2ccc(-n3cnnn3)cc2)sc2c1CCC(C)C2. The van der Waals surface area contributed by atoms with Crippen molar-refractivity contribution in [3.8, 4) is 5.69 Å². The number of aromatic nitrogens is 4. The monoisotopic (exact) mass is 437 g/mol. The number of hydrogen-bond acceptors (Lipinski definition) is 7. The number of anilines is 1. The number of rotatable bonds is 6. The van der Waals surface area contributed by atoms with Gasteiger partial charge in [0.15, 0.2) is 0 Å². The minimum Gasteiger partial charge on any atom is -0.462 e. The van der Waals surface area contributed by atoms with Crippen LogP contribution in [0.3, 0.4) is 0 Å². The lowest BCUT2D eigenvalue weighted by molar-refractivity contribution is -0.111. The van der Waals surface area contributed by atoms with Crippen LogP contribution >= 0.6 is 11.3 Å². The highest BCUT2D eigenvalue weighted by Gasteiger charge is 2.28. The summed E-state index contributed by atoms with van der Waals surface area (Å²) in [6.45, 7) is 4.29. The molecule has 1 aliphatic carbocycles. The number of ether oxygens (including phenoxy) is 1. The molecule has 1 amide bonds. The second-order valence-corrected chi connectivity index (χ2v) is 8.55. The molecule has 2 aromatic heterocycles. The lowest BCUT2D eigenvalue weighted by atomic mass is 9.88. The smallest absolute Gasteiger partial charge is 0.341 e. The molecule has 0 radical (unpaired) electrons. The Balaban J connectivity index is 1.49. The van der Waals surface area contributed by atoms with E-state index in [1.807, 2.05) is 24.3 Å². The van der Waals surface area contributed by atoms with Crippen LogP contribution in [-0.4, -0.2) is 38.7 Å². The van der Waals surface area contributed by atoms with E-state index in [0.717, 1.165) is 36.1 Å². The zero-order valence-corrected chi connectivity index (χ0v) is 18.2. The van der Waals surface area contributed by atoms with Gasteiger partial charge in [-0.25, -0.2) is 9.48 Å². The number of carbonyl (C=O) groups is 2. The molecule has 1 aliphatic rings. The number of benzene rings is 1. The van der Waals surface area contributed by atoms with Gasteiger partial charge in [0.1, 0.15) is 11.3 Å². The Bertz CT molecular complexity index is 1100. The van der Waals surface area contributed by atoms with Crippen molar-refractivity contribution in [2.75, 3.05) is 11.9 Å². The molecule has 1 N–H and O–H groups in total. The summed E-state index contributed by atoms with van der Waals surface area (Å²) in [5.41, 5.74) is 3.22. The van der Waals surface area contributed by atoms with Crippen molar-refractivity contribution in [1.82, 2.24) is 20.2 Å². The van der Waals surface area contributed by atoms with Crippen molar-refractivity contribution in [1.29, 1.82) is 0 Å². The molecule has 9 heteroatoms. The van der Waals surface area contributed by atoms with E-state index in [-0.39, 0.29) is 11.9 Å². The fraction of sp³-hybridized carbons (Fsp3) is 0.318. The molecule has 0 bridgehead atoms. The number of hydrogen-bond donors (Lipinski definition) is 1. The standard InChI is InChI=1S/C22H23N5O3S/c1-3-30-22(29)20-17-10-4-14(2)12-18(17)31-21(20)24-19(28)11-7-15-5-8-16(9-6-15)27-13-23-25-26-27/h5-9,11,13-14H,3-4,10,12H2,1-2H3,(H,24,28)/b11-7+. The van der Waals surface area contributed by atoms with Crippen molar-refractivity contribution in [2.24, 2.45) is 5.92 Å². The van der Waals surface area contributed by atoms with Crippen LogP contribution in [0.25, 0.3) is 11.8 Å². The maximum atomic E-state index is 12.6. The number of amides is 1. The number of nitrogens with zero attached hydrogens (tertiary/aromatic N) is 4. The first-order valence-electron chi connectivity index (χ1n) is 10.2. The van der Waals surface area contributed by atoms with Gasteiger partial charge in [-0.1, -0.05) is 19.1 Å². The Morgan fingerprint density at radius 3 is 2.84 bits per heavy atom. The van der Waals surface area contributed by atoms with E-state index in [9.17, 15) is 9.59 Å². The highest BCUT2D eigenvalue weighted by molar-refractivity contribution is 7.17. The third kappa shape index (κ3) is 4.72. The topological polar surface area (TPSA) is 99.0 Å². The predicted molar refractivity (Wildman–Crippen MR) is 118 cm³/mol. The van der Waals surface area contributed by atoms with Crippen LogP contribution in [0, 0.1) is 5.92 Å². The van der Waals surface area contributed by atoms with Gasteiger partial charge in [-0.15, -0.1) is 16.4 Å². The van der Waals surface area contributed by atoms with Crippen LogP contribution in [0.1, 0.15) is 46.6 Å². The van der Waals surface area contributed by atoms with Crippen LogP contribution < -0.4 is 5.32 Å². The molecule has 1 aromatic carbocycles. The molecule has 3 aromatic rings. The largest absolute Gasteiger partial charge is 0.462 e. The molecular formula is C22H23N5O3S. The summed E-state index contributed by atoms with van der Waals surface area (Å²) in [5, 5.41) is 14.5. The Kier molecular flexibility index (Phi) is 6.22. The van der Waals surface area contributed by atoms with E-state index in [1.54, 1.807) is 17.7 Å². The first-order chi connectivity index (χ1) is 15.0. The first kappa shape index (κ1) is 20.9. The average Bonchev–Trinajstić information content (AvgIpc) is 3.40. The Labute approximate surface area is 183 Å². The summed E-state index contributed by atoms with van der Waals surface area (Å²) in [5.74, 6) is -0.0883. The number of carbonyl (C=O) groups excluding carboxylic acids is 2. The summed E-state index contributed by atoms with van der Waals surface area (Å²) < 4.78 is 6.81. The lowest BCUT2D eigenvalue weighted by Crippen LogP contribution is -2.15. The molecule has 160 valence electrons. The van der Waals surface area contributed by atoms with Crippen molar-refractivity contribution < 1.29 is 14.3 Å². The highest BCUT2D eigenvalue weighted by atomic mass is 32.1. The van der Waals surface area contributed by atoms with Gasteiger partial charge >= 0.3 is 5.97 Å². The number of tetrazole rings is 1. The van der Waals surface area contributed by atoms with Crippen LogP contribution in [0.4, 0.5) is 5.00 Å². The maximum absolute atomic E-state index is 12.6. The summed E-state index contributed by atoms with van der Waals surface area (Å²) in [6, 6.07) is 7.47. The van der Waals surface area contributed by atoms with E-state index >= 15 is 0 Å². The van der Waals surface area contributed by atoms with E-state index in [4.69, 9.17) is 4.74 Å². The fourth-order valence-electron chi connectivity index (χ4n) is 3.60. The van der Waals surface area contributed by atoms with Gasteiger partial charge in [-0.05, 0) is 71.9 Å². The molecule has 2 heterocycles. The van der Waals surface area contributed by atoms with Gasteiger partial charge in [-0.3, -0.25) is 4.79 Å². The quantitative estimate of drug-likeness (QED) is 0.467. The number of thiophene rings is 1. The number of fused-ring (bicyclic) bond motifs is 1. The van der Waals surface area contributed by atoms with Crippen molar-refractivity contribution in [2.45, 2.75) is 33.1 Å². The maximum Gasteiger partial charge on any atom is 0.341 e. The van der Waals surface area contributed by atoms with Gasteiger partial charge in [0.05, 0.1) is 17.9 Å². The van der Waals surface area contributed by atoms with E-state index in [0.29, 0.717) is 23.1 Å². The molecule has 0 spiro atoms. The van der Waals surface area contributed by atoms with Gasteiger partial charge in [0.25, 0.3) is 0 Å². The summed E-state index contributed by atoms with van der Waals surface area (Å²) >= 11 is 1.48. The van der Waals surface area contributed by atoms with Gasteiger partial charge in [0.2, 0.25) is 5.91 Å². The van der Waals surface area contributed by atoms with Gasteiger partial charge in [0, 0.05) is 11.0 Å². The first-order valence-corrected chi connectivity index (χ1v) is 11.0. The molecule has 0 aliphatic heterocycles. The number of esters is 1. The van der Waals surface area contributed by atoms with Crippen LogP contribution in [-0.2, 0) is 22.4 Å². The summed E-state index contributed by atoms with van der Waals surface area (Å²) in [7, 11) is 0. The molecule has 8 nitrogen and oxygen atoms in total. The lowest BCUT2D eigenvalue weighted by Gasteiger charge is -2.18. The van der Waals surface area contributed by atoms with Crippen molar-refractivity contribution >= 4 is 34.3 Å². The molecule has 4 rings (SSSR count). The van der Waals surface area contributed by atoms with Crippen LogP contribution in [0.2, 0.25) is 0 Å². The van der Waals surface area contributed by atoms with Crippen molar-refractivity contribution in [3.05, 3.63) is 58.2 Å². The zero-order valence-electron chi connectivity index (χ0n) is 17.4. The predicted octanol–water partition coefficient (Wildman–Crippen LogP) is 3.68. The second-order valence-electron chi connectivity index (χ2n) is 7.44. The van der Waals surface area contributed by atoms with E-state index < -0.39 is 0 Å². The minimum atomic E-state index is -0.368. The van der Waals surface area contributed by atoms with Crippen LogP contribution in [0.15, 0.2) is 36.7 Å². The molecule has 1 unspecified atom stereocenters. The zero-order chi connectivity index (χ0) is 21.8. The molecule has 0 saturated heterocycles. The van der Waals surface area contributed by atoms with Gasteiger partial charge < -0.3 is 10.1 Å². The fourth-order valence-corrected chi connectivity index (χ4v) is 5.00. The minimum absolute atomic E-state index is 0.290. The van der Waals surface area contributed by atoms with Crippen molar-refractivity contribution in [3.63, 3.8) is 0 Å².